The second-order valence-corrected chi connectivity index (χ2v) is 10.3. The lowest BCUT2D eigenvalue weighted by Gasteiger charge is -2.58. The summed E-state index contributed by atoms with van der Waals surface area (Å²) in [5, 5.41) is 5.58. The van der Waals surface area contributed by atoms with Crippen LogP contribution in [0.15, 0.2) is 12.1 Å². The van der Waals surface area contributed by atoms with E-state index in [1.807, 2.05) is 0 Å². The van der Waals surface area contributed by atoms with Crippen LogP contribution >= 0.6 is 0 Å². The van der Waals surface area contributed by atoms with Gasteiger partial charge in [-0.2, -0.15) is 0 Å². The summed E-state index contributed by atoms with van der Waals surface area (Å²) in [6.07, 6.45) is 8.65. The fraction of sp³-hybridized carbons (Fsp3) is 0.708. The number of rotatable bonds is 5. The van der Waals surface area contributed by atoms with E-state index in [4.69, 9.17) is 0 Å². The van der Waals surface area contributed by atoms with Crippen molar-refractivity contribution in [3.8, 4) is 0 Å². The third kappa shape index (κ3) is 3.55. The van der Waals surface area contributed by atoms with Gasteiger partial charge in [0, 0.05) is 11.1 Å². The third-order valence-corrected chi connectivity index (χ3v) is 7.97. The Morgan fingerprint density at radius 3 is 1.96 bits per heavy atom. The molecular formula is C24H37N2O+. The molecule has 1 amide bonds. The molecule has 4 bridgehead atoms. The summed E-state index contributed by atoms with van der Waals surface area (Å²) in [4.78, 5) is 12.9. The van der Waals surface area contributed by atoms with Crippen molar-refractivity contribution >= 4 is 11.6 Å². The van der Waals surface area contributed by atoms with Gasteiger partial charge >= 0.3 is 0 Å². The average Bonchev–Trinajstić information content (AvgIpc) is 2.56. The Kier molecular flexibility index (Phi) is 4.86. The van der Waals surface area contributed by atoms with E-state index in [-0.39, 0.29) is 11.9 Å². The van der Waals surface area contributed by atoms with Crippen LogP contribution in [0.2, 0.25) is 0 Å². The van der Waals surface area contributed by atoms with Gasteiger partial charge in [-0.1, -0.05) is 17.7 Å². The van der Waals surface area contributed by atoms with Crippen LogP contribution in [0.5, 0.6) is 0 Å². The normalized spacial score (nSPS) is 33.7. The quantitative estimate of drug-likeness (QED) is 0.806. The topological polar surface area (TPSA) is 45.7 Å². The molecule has 0 heterocycles. The molecule has 0 aromatic heterocycles. The molecule has 0 radical (unpaired) electrons. The van der Waals surface area contributed by atoms with E-state index < -0.39 is 0 Å². The zero-order valence-corrected chi connectivity index (χ0v) is 17.8. The number of hydrogen-bond acceptors (Lipinski definition) is 1. The molecule has 148 valence electrons. The number of nitrogens with two attached hydrogens (primary N) is 1. The highest BCUT2D eigenvalue weighted by Gasteiger charge is 2.54. The predicted molar refractivity (Wildman–Crippen MR) is 111 cm³/mol. The first-order valence-corrected chi connectivity index (χ1v) is 11.0. The van der Waals surface area contributed by atoms with E-state index in [0.29, 0.717) is 11.5 Å². The SMILES string of the molecule is Cc1cc(C)c(NC(=O)[C@@H](C)[NH2+][C@H](C)C23CC4CC(CC(C4)C2)C3)c(C)c1. The van der Waals surface area contributed by atoms with Crippen LogP contribution in [0.1, 0.15) is 69.1 Å². The predicted octanol–water partition coefficient (Wildman–Crippen LogP) is 4.11. The second kappa shape index (κ2) is 6.92. The number of nitrogens with one attached hydrogen (secondary N) is 1. The molecule has 5 rings (SSSR count). The van der Waals surface area contributed by atoms with Crippen LogP contribution in [-0.2, 0) is 4.79 Å². The smallest absolute Gasteiger partial charge is 0.282 e. The van der Waals surface area contributed by atoms with Gasteiger partial charge in [-0.15, -0.1) is 0 Å². The van der Waals surface area contributed by atoms with Crippen molar-refractivity contribution in [3.05, 3.63) is 28.8 Å². The lowest BCUT2D eigenvalue weighted by atomic mass is 9.48. The first-order chi connectivity index (χ1) is 12.8. The number of aryl methyl sites for hydroxylation is 3. The van der Waals surface area contributed by atoms with Crippen LogP contribution in [0.4, 0.5) is 5.69 Å². The van der Waals surface area contributed by atoms with E-state index in [2.05, 4.69) is 57.4 Å². The number of hydrogen-bond donors (Lipinski definition) is 2. The van der Waals surface area contributed by atoms with Crippen LogP contribution < -0.4 is 10.6 Å². The van der Waals surface area contributed by atoms with Gasteiger partial charge in [0.1, 0.15) is 0 Å². The molecule has 2 atom stereocenters. The van der Waals surface area contributed by atoms with Gasteiger partial charge in [-0.25, -0.2) is 0 Å². The Bertz CT molecular complexity index is 680. The largest absolute Gasteiger partial charge is 0.334 e. The summed E-state index contributed by atoms with van der Waals surface area (Å²) in [7, 11) is 0. The Labute approximate surface area is 164 Å². The summed E-state index contributed by atoms with van der Waals surface area (Å²) in [5.74, 6) is 3.04. The van der Waals surface area contributed by atoms with Gasteiger partial charge in [-0.3, -0.25) is 4.79 Å². The molecule has 3 N–H and O–H groups in total. The molecule has 0 aliphatic heterocycles. The standard InChI is InChI=1S/C24H36N2O/c1-14-6-15(2)22(16(3)7-14)26-23(27)17(4)25-18(5)24-11-19-8-20(12-24)10-21(9-19)13-24/h6-7,17-21,25H,8-13H2,1-5H3,(H,26,27)/p+1/t17-,18-,19?,20?,21?,24?/m1/s1. The summed E-state index contributed by atoms with van der Waals surface area (Å²) in [6, 6.07) is 4.78. The fourth-order valence-electron chi connectivity index (χ4n) is 7.07. The summed E-state index contributed by atoms with van der Waals surface area (Å²) in [5.41, 5.74) is 5.04. The summed E-state index contributed by atoms with van der Waals surface area (Å²) < 4.78 is 0. The zero-order chi connectivity index (χ0) is 19.3. The molecule has 27 heavy (non-hydrogen) atoms. The zero-order valence-electron chi connectivity index (χ0n) is 17.8. The Hall–Kier alpha value is -1.35. The van der Waals surface area contributed by atoms with Crippen LogP contribution in [0.25, 0.3) is 0 Å². The second-order valence-electron chi connectivity index (χ2n) is 10.3. The highest BCUT2D eigenvalue weighted by atomic mass is 16.2. The van der Waals surface area contributed by atoms with E-state index >= 15 is 0 Å². The Balaban J connectivity index is 1.42. The lowest BCUT2D eigenvalue weighted by Crippen LogP contribution is -2.98. The average molecular weight is 370 g/mol. The number of anilines is 1. The van der Waals surface area contributed by atoms with Crippen LogP contribution in [0.3, 0.4) is 0 Å². The molecule has 0 saturated heterocycles. The lowest BCUT2D eigenvalue weighted by molar-refractivity contribution is -0.718. The molecular weight excluding hydrogens is 332 g/mol. The third-order valence-electron chi connectivity index (χ3n) is 7.97. The van der Waals surface area contributed by atoms with Crippen molar-refractivity contribution in [1.29, 1.82) is 0 Å². The maximum absolute atomic E-state index is 12.9. The van der Waals surface area contributed by atoms with Gasteiger partial charge in [0.25, 0.3) is 5.91 Å². The summed E-state index contributed by atoms with van der Waals surface area (Å²) >= 11 is 0. The minimum Gasteiger partial charge on any atom is -0.334 e. The number of amides is 1. The number of quaternary nitrogens is 1. The van der Waals surface area contributed by atoms with Gasteiger partial charge < -0.3 is 10.6 Å². The molecule has 3 nitrogen and oxygen atoms in total. The molecule has 1 aromatic rings. The van der Waals surface area contributed by atoms with E-state index in [0.717, 1.165) is 34.6 Å². The first kappa shape index (κ1) is 19.0. The number of carbonyl (C=O) groups excluding carboxylic acids is 1. The van der Waals surface area contributed by atoms with Crippen LogP contribution in [0, 0.1) is 43.9 Å². The monoisotopic (exact) mass is 369 g/mol. The molecule has 4 saturated carbocycles. The van der Waals surface area contributed by atoms with Crippen molar-refractivity contribution in [2.45, 2.75) is 85.2 Å². The van der Waals surface area contributed by atoms with Crippen molar-refractivity contribution < 1.29 is 10.1 Å². The number of benzene rings is 1. The Morgan fingerprint density at radius 2 is 1.48 bits per heavy atom. The minimum absolute atomic E-state index is 0.0480. The van der Waals surface area contributed by atoms with Crippen molar-refractivity contribution in [1.82, 2.24) is 0 Å². The van der Waals surface area contributed by atoms with E-state index in [9.17, 15) is 4.79 Å². The van der Waals surface area contributed by atoms with Crippen molar-refractivity contribution in [2.24, 2.45) is 23.2 Å². The maximum Gasteiger partial charge on any atom is 0.282 e. The molecule has 1 aromatic carbocycles. The van der Waals surface area contributed by atoms with Crippen molar-refractivity contribution in [3.63, 3.8) is 0 Å². The summed E-state index contributed by atoms with van der Waals surface area (Å²) in [6.45, 7) is 10.7. The van der Waals surface area contributed by atoms with Gasteiger partial charge in [-0.05, 0) is 102 Å². The highest BCUT2D eigenvalue weighted by Crippen LogP contribution is 2.60. The minimum atomic E-state index is -0.0480. The molecule has 0 unspecified atom stereocenters. The maximum atomic E-state index is 12.9. The molecule has 0 spiro atoms. The van der Waals surface area contributed by atoms with E-state index in [1.54, 1.807) is 0 Å². The molecule has 4 aliphatic carbocycles. The molecule has 4 aliphatic rings. The van der Waals surface area contributed by atoms with Crippen LogP contribution in [-0.4, -0.2) is 18.0 Å². The van der Waals surface area contributed by atoms with Gasteiger partial charge in [0.15, 0.2) is 6.04 Å². The highest BCUT2D eigenvalue weighted by molar-refractivity contribution is 5.95. The number of carbonyl (C=O) groups is 1. The fourth-order valence-corrected chi connectivity index (χ4v) is 7.07. The van der Waals surface area contributed by atoms with Gasteiger partial charge in [0.2, 0.25) is 0 Å². The first-order valence-electron chi connectivity index (χ1n) is 11.0. The van der Waals surface area contributed by atoms with Gasteiger partial charge in [0.05, 0.1) is 6.04 Å². The Morgan fingerprint density at radius 1 is 1.00 bits per heavy atom. The van der Waals surface area contributed by atoms with Crippen molar-refractivity contribution in [2.75, 3.05) is 5.32 Å². The molecule has 3 heteroatoms. The van der Waals surface area contributed by atoms with E-state index in [1.165, 1.54) is 44.1 Å². The molecule has 4 fully saturated rings.